The number of halogens is 1. The molecule has 1 aliphatic rings. The molecule has 0 aromatic heterocycles. The van der Waals surface area contributed by atoms with Gasteiger partial charge < -0.3 is 14.8 Å². The molecular weight excluding hydrogens is 304 g/mol. The van der Waals surface area contributed by atoms with Gasteiger partial charge in [-0.3, -0.25) is 9.69 Å². The first-order valence-corrected chi connectivity index (χ1v) is 7.87. The lowest BCUT2D eigenvalue weighted by Crippen LogP contribution is -2.46. The molecule has 122 valence electrons. The van der Waals surface area contributed by atoms with Gasteiger partial charge in [0.1, 0.15) is 5.75 Å². The predicted octanol–water partition coefficient (Wildman–Crippen LogP) is 2.79. The Morgan fingerprint density at radius 1 is 1.41 bits per heavy atom. The second kappa shape index (κ2) is 7.81. The molecule has 0 radical (unpaired) electrons. The first kappa shape index (κ1) is 17.1. The second-order valence-electron chi connectivity index (χ2n) is 5.66. The third kappa shape index (κ3) is 4.87. The molecule has 1 saturated heterocycles. The number of carbonyl (C=O) groups excluding carboxylic acids is 1. The van der Waals surface area contributed by atoms with Crippen molar-refractivity contribution < 1.29 is 14.3 Å². The minimum Gasteiger partial charge on any atom is -0.495 e. The van der Waals surface area contributed by atoms with Crippen molar-refractivity contribution in [2.75, 3.05) is 32.1 Å². The predicted molar refractivity (Wildman–Crippen MR) is 87.7 cm³/mol. The number of anilines is 1. The Balaban J connectivity index is 1.87. The van der Waals surface area contributed by atoms with Crippen molar-refractivity contribution in [2.24, 2.45) is 0 Å². The van der Waals surface area contributed by atoms with Crippen LogP contribution >= 0.6 is 11.6 Å². The van der Waals surface area contributed by atoms with Gasteiger partial charge >= 0.3 is 0 Å². The SMILES string of the molecule is COc1ccc(Cl)cc1NC(=O)CCN1CC(C)OC(C)C1. The van der Waals surface area contributed by atoms with Crippen molar-refractivity contribution >= 4 is 23.2 Å². The molecule has 0 aliphatic carbocycles. The number of carbonyl (C=O) groups is 1. The lowest BCUT2D eigenvalue weighted by molar-refractivity contribution is -0.117. The molecule has 1 aliphatic heterocycles. The molecular formula is C16H23ClN2O3. The van der Waals surface area contributed by atoms with E-state index in [9.17, 15) is 4.79 Å². The van der Waals surface area contributed by atoms with Crippen LogP contribution in [0.15, 0.2) is 18.2 Å². The Morgan fingerprint density at radius 3 is 2.73 bits per heavy atom. The number of amides is 1. The van der Waals surface area contributed by atoms with Crippen LogP contribution in [0.2, 0.25) is 5.02 Å². The molecule has 2 atom stereocenters. The van der Waals surface area contributed by atoms with Crippen molar-refractivity contribution in [3.05, 3.63) is 23.2 Å². The van der Waals surface area contributed by atoms with Crippen molar-refractivity contribution in [1.29, 1.82) is 0 Å². The van der Waals surface area contributed by atoms with Crippen LogP contribution in [0.4, 0.5) is 5.69 Å². The minimum absolute atomic E-state index is 0.0487. The van der Waals surface area contributed by atoms with Gasteiger partial charge in [-0.2, -0.15) is 0 Å². The van der Waals surface area contributed by atoms with Crippen LogP contribution in [-0.2, 0) is 9.53 Å². The van der Waals surface area contributed by atoms with Crippen LogP contribution in [-0.4, -0.2) is 49.8 Å². The van der Waals surface area contributed by atoms with Crippen molar-refractivity contribution in [3.8, 4) is 5.75 Å². The summed E-state index contributed by atoms with van der Waals surface area (Å²) in [5.74, 6) is 0.554. The van der Waals surface area contributed by atoms with Crippen LogP contribution in [0, 0.1) is 0 Å². The zero-order chi connectivity index (χ0) is 16.1. The molecule has 0 spiro atoms. The van der Waals surface area contributed by atoms with Crippen LogP contribution in [0.25, 0.3) is 0 Å². The third-order valence-corrected chi connectivity index (χ3v) is 3.82. The van der Waals surface area contributed by atoms with Gasteiger partial charge in [0.15, 0.2) is 0 Å². The fraction of sp³-hybridized carbons (Fsp3) is 0.562. The van der Waals surface area contributed by atoms with E-state index in [0.29, 0.717) is 29.4 Å². The highest BCUT2D eigenvalue weighted by Crippen LogP contribution is 2.27. The molecule has 1 aromatic rings. The van der Waals surface area contributed by atoms with E-state index in [-0.39, 0.29) is 18.1 Å². The Hall–Kier alpha value is -1.30. The maximum Gasteiger partial charge on any atom is 0.225 e. The second-order valence-corrected chi connectivity index (χ2v) is 6.10. The van der Waals surface area contributed by atoms with E-state index in [1.54, 1.807) is 25.3 Å². The quantitative estimate of drug-likeness (QED) is 0.904. The standard InChI is InChI=1S/C16H23ClN2O3/c1-11-9-19(10-12(2)22-11)7-6-16(20)18-14-8-13(17)4-5-15(14)21-3/h4-5,8,11-12H,6-7,9-10H2,1-3H3,(H,18,20). The van der Waals surface area contributed by atoms with E-state index in [1.807, 2.05) is 0 Å². The number of hydrogen-bond acceptors (Lipinski definition) is 4. The van der Waals surface area contributed by atoms with E-state index in [4.69, 9.17) is 21.1 Å². The average Bonchev–Trinajstić information content (AvgIpc) is 2.44. The molecule has 2 rings (SSSR count). The number of ether oxygens (including phenoxy) is 2. The van der Waals surface area contributed by atoms with Crippen molar-refractivity contribution in [3.63, 3.8) is 0 Å². The number of nitrogens with one attached hydrogen (secondary N) is 1. The lowest BCUT2D eigenvalue weighted by atomic mass is 10.2. The fourth-order valence-electron chi connectivity index (χ4n) is 2.72. The number of methoxy groups -OCH3 is 1. The van der Waals surface area contributed by atoms with E-state index < -0.39 is 0 Å². The molecule has 0 saturated carbocycles. The third-order valence-electron chi connectivity index (χ3n) is 3.59. The summed E-state index contributed by atoms with van der Waals surface area (Å²) in [6.07, 6.45) is 0.842. The Kier molecular flexibility index (Phi) is 6.06. The Morgan fingerprint density at radius 2 is 2.09 bits per heavy atom. The van der Waals surface area contributed by atoms with E-state index in [0.717, 1.165) is 13.1 Å². The highest BCUT2D eigenvalue weighted by atomic mass is 35.5. The number of nitrogens with zero attached hydrogens (tertiary/aromatic N) is 1. The van der Waals surface area contributed by atoms with E-state index in [1.165, 1.54) is 0 Å². The topological polar surface area (TPSA) is 50.8 Å². The highest BCUT2D eigenvalue weighted by Gasteiger charge is 2.22. The first-order chi connectivity index (χ1) is 10.5. The zero-order valence-electron chi connectivity index (χ0n) is 13.3. The fourth-order valence-corrected chi connectivity index (χ4v) is 2.89. The van der Waals surface area contributed by atoms with Crippen LogP contribution in [0.3, 0.4) is 0 Å². The van der Waals surface area contributed by atoms with Gasteiger partial charge in [0.05, 0.1) is 25.0 Å². The number of morpholine rings is 1. The maximum absolute atomic E-state index is 12.1. The van der Waals surface area contributed by atoms with E-state index in [2.05, 4.69) is 24.1 Å². The maximum atomic E-state index is 12.1. The van der Waals surface area contributed by atoms with Crippen LogP contribution in [0.5, 0.6) is 5.75 Å². The Labute approximate surface area is 136 Å². The van der Waals surface area contributed by atoms with Crippen LogP contribution < -0.4 is 10.1 Å². The molecule has 22 heavy (non-hydrogen) atoms. The summed E-state index contributed by atoms with van der Waals surface area (Å²) < 4.78 is 10.9. The number of benzene rings is 1. The van der Waals surface area contributed by atoms with Gasteiger partial charge in [-0.15, -0.1) is 0 Å². The van der Waals surface area contributed by atoms with Gasteiger partial charge in [-0.1, -0.05) is 11.6 Å². The summed E-state index contributed by atoms with van der Waals surface area (Å²) in [6.45, 7) is 6.54. The van der Waals surface area contributed by atoms with Gasteiger partial charge in [0, 0.05) is 31.1 Å². The van der Waals surface area contributed by atoms with Crippen molar-refractivity contribution in [2.45, 2.75) is 32.5 Å². The summed E-state index contributed by atoms with van der Waals surface area (Å²) in [7, 11) is 1.56. The number of hydrogen-bond donors (Lipinski definition) is 1. The van der Waals surface area contributed by atoms with E-state index >= 15 is 0 Å². The average molecular weight is 327 g/mol. The van der Waals surface area contributed by atoms with Gasteiger partial charge in [-0.25, -0.2) is 0 Å². The molecule has 1 N–H and O–H groups in total. The van der Waals surface area contributed by atoms with Crippen molar-refractivity contribution in [1.82, 2.24) is 4.90 Å². The number of rotatable bonds is 5. The van der Waals surface area contributed by atoms with Gasteiger partial charge in [0.2, 0.25) is 5.91 Å². The largest absolute Gasteiger partial charge is 0.495 e. The Bertz CT molecular complexity index is 514. The van der Waals surface area contributed by atoms with Gasteiger partial charge in [0.25, 0.3) is 0 Å². The summed E-state index contributed by atoms with van der Waals surface area (Å²) in [6, 6.07) is 5.16. The zero-order valence-corrected chi connectivity index (χ0v) is 14.0. The summed E-state index contributed by atoms with van der Waals surface area (Å²) in [5.41, 5.74) is 0.601. The lowest BCUT2D eigenvalue weighted by Gasteiger charge is -2.35. The smallest absolute Gasteiger partial charge is 0.225 e. The van der Waals surface area contributed by atoms with Crippen LogP contribution in [0.1, 0.15) is 20.3 Å². The van der Waals surface area contributed by atoms with Gasteiger partial charge in [-0.05, 0) is 32.0 Å². The molecule has 1 amide bonds. The monoisotopic (exact) mass is 326 g/mol. The normalized spacial score (nSPS) is 22.4. The molecule has 1 fully saturated rings. The summed E-state index contributed by atoms with van der Waals surface area (Å²) >= 11 is 5.96. The first-order valence-electron chi connectivity index (χ1n) is 7.49. The summed E-state index contributed by atoms with van der Waals surface area (Å²) in [4.78, 5) is 14.4. The molecule has 5 nitrogen and oxygen atoms in total. The molecule has 6 heteroatoms. The minimum atomic E-state index is -0.0487. The molecule has 1 aromatic carbocycles. The molecule has 2 unspecified atom stereocenters. The summed E-state index contributed by atoms with van der Waals surface area (Å²) in [5, 5.41) is 3.42. The molecule has 1 heterocycles. The molecule has 0 bridgehead atoms. The highest BCUT2D eigenvalue weighted by molar-refractivity contribution is 6.31.